The summed E-state index contributed by atoms with van der Waals surface area (Å²) in [7, 11) is 0. The molecule has 0 unspecified atom stereocenters. The lowest BCUT2D eigenvalue weighted by molar-refractivity contribution is 0.0690. The summed E-state index contributed by atoms with van der Waals surface area (Å²) in [5, 5.41) is 15.9. The minimum atomic E-state index is -1.08. The van der Waals surface area contributed by atoms with Crippen molar-refractivity contribution >= 4 is 5.97 Å². The van der Waals surface area contributed by atoms with Gasteiger partial charge in [-0.15, -0.1) is 5.10 Å². The first-order valence-corrected chi connectivity index (χ1v) is 6.04. The highest BCUT2D eigenvalue weighted by Crippen LogP contribution is 2.13. The molecule has 0 amide bonds. The summed E-state index contributed by atoms with van der Waals surface area (Å²) in [6, 6.07) is 7.88. The van der Waals surface area contributed by atoms with Crippen molar-refractivity contribution in [2.75, 3.05) is 6.61 Å². The molecule has 0 fully saturated rings. The third kappa shape index (κ3) is 3.54. The van der Waals surface area contributed by atoms with Gasteiger partial charge in [-0.05, 0) is 24.1 Å². The summed E-state index contributed by atoms with van der Waals surface area (Å²) in [4.78, 5) is 10.6. The molecule has 0 aliphatic rings. The van der Waals surface area contributed by atoms with Crippen molar-refractivity contribution in [3.8, 4) is 5.75 Å². The maximum atomic E-state index is 10.6. The van der Waals surface area contributed by atoms with E-state index in [0.29, 0.717) is 13.2 Å². The van der Waals surface area contributed by atoms with Crippen LogP contribution in [0.2, 0.25) is 0 Å². The molecule has 6 nitrogen and oxygen atoms in total. The van der Waals surface area contributed by atoms with E-state index < -0.39 is 5.97 Å². The Labute approximate surface area is 110 Å². The molecule has 19 heavy (non-hydrogen) atoms. The molecular weight excluding hydrogens is 246 g/mol. The molecule has 1 aromatic carbocycles. The molecule has 0 spiro atoms. The zero-order valence-corrected chi connectivity index (χ0v) is 10.6. The summed E-state index contributed by atoms with van der Waals surface area (Å²) in [5.41, 5.74) is 1.15. The van der Waals surface area contributed by atoms with Crippen molar-refractivity contribution in [2.45, 2.75) is 19.9 Å². The third-order valence-corrected chi connectivity index (χ3v) is 2.65. The SMILES string of the molecule is CCc1cccc(OCCn2cc(C(=O)O)nn2)c1. The highest BCUT2D eigenvalue weighted by atomic mass is 16.5. The van der Waals surface area contributed by atoms with Crippen LogP contribution >= 0.6 is 0 Å². The van der Waals surface area contributed by atoms with Crippen molar-refractivity contribution in [3.05, 3.63) is 41.7 Å². The van der Waals surface area contributed by atoms with Gasteiger partial charge in [0.2, 0.25) is 0 Å². The number of hydrogen-bond donors (Lipinski definition) is 1. The lowest BCUT2D eigenvalue weighted by Crippen LogP contribution is -2.08. The summed E-state index contributed by atoms with van der Waals surface area (Å²) >= 11 is 0. The first kappa shape index (κ1) is 13.1. The molecule has 1 heterocycles. The predicted octanol–water partition coefficient (Wildman–Crippen LogP) is 1.62. The molecule has 0 saturated carbocycles. The Morgan fingerprint density at radius 1 is 1.47 bits per heavy atom. The number of hydrogen-bond acceptors (Lipinski definition) is 4. The molecule has 1 aromatic heterocycles. The van der Waals surface area contributed by atoms with Crippen LogP contribution in [0.15, 0.2) is 30.5 Å². The van der Waals surface area contributed by atoms with Gasteiger partial charge in [-0.2, -0.15) is 0 Å². The molecular formula is C13H15N3O3. The molecule has 2 aromatic rings. The number of rotatable bonds is 6. The van der Waals surface area contributed by atoms with Gasteiger partial charge in [-0.25, -0.2) is 9.48 Å². The normalized spacial score (nSPS) is 10.4. The van der Waals surface area contributed by atoms with Crippen LogP contribution in [0, 0.1) is 0 Å². The maximum Gasteiger partial charge on any atom is 0.358 e. The zero-order valence-electron chi connectivity index (χ0n) is 10.6. The van der Waals surface area contributed by atoms with Crippen LogP contribution in [0.3, 0.4) is 0 Å². The second-order valence-corrected chi connectivity index (χ2v) is 4.02. The van der Waals surface area contributed by atoms with Gasteiger partial charge in [-0.3, -0.25) is 0 Å². The first-order valence-electron chi connectivity index (χ1n) is 6.04. The van der Waals surface area contributed by atoms with Crippen molar-refractivity contribution in [3.63, 3.8) is 0 Å². The molecule has 0 radical (unpaired) electrons. The van der Waals surface area contributed by atoms with Gasteiger partial charge in [0.05, 0.1) is 12.7 Å². The van der Waals surface area contributed by atoms with E-state index in [2.05, 4.69) is 17.2 Å². The Morgan fingerprint density at radius 3 is 3.00 bits per heavy atom. The van der Waals surface area contributed by atoms with E-state index >= 15 is 0 Å². The van der Waals surface area contributed by atoms with Crippen LogP contribution in [0.25, 0.3) is 0 Å². The standard InChI is InChI=1S/C13H15N3O3/c1-2-10-4-3-5-11(8-10)19-7-6-16-9-12(13(17)18)14-15-16/h3-5,8-9H,2,6-7H2,1H3,(H,17,18). The Morgan fingerprint density at radius 2 is 2.32 bits per heavy atom. The molecule has 0 atom stereocenters. The van der Waals surface area contributed by atoms with E-state index in [1.807, 2.05) is 24.3 Å². The highest BCUT2D eigenvalue weighted by molar-refractivity contribution is 5.84. The summed E-state index contributed by atoms with van der Waals surface area (Å²) in [6.45, 7) is 2.95. The summed E-state index contributed by atoms with van der Waals surface area (Å²) < 4.78 is 7.04. The third-order valence-electron chi connectivity index (χ3n) is 2.65. The number of carboxylic acid groups (broad SMARTS) is 1. The van der Waals surface area contributed by atoms with Gasteiger partial charge in [0.1, 0.15) is 12.4 Å². The fraction of sp³-hybridized carbons (Fsp3) is 0.308. The van der Waals surface area contributed by atoms with Gasteiger partial charge in [0.15, 0.2) is 5.69 Å². The summed E-state index contributed by atoms with van der Waals surface area (Å²) in [5.74, 6) is -0.277. The topological polar surface area (TPSA) is 77.2 Å². The minimum absolute atomic E-state index is 0.0621. The monoisotopic (exact) mass is 261 g/mol. The number of carboxylic acids is 1. The molecule has 0 aliphatic carbocycles. The average molecular weight is 261 g/mol. The Balaban J connectivity index is 1.86. The number of aryl methyl sites for hydroxylation is 1. The minimum Gasteiger partial charge on any atom is -0.492 e. The van der Waals surface area contributed by atoms with E-state index in [-0.39, 0.29) is 5.69 Å². The van der Waals surface area contributed by atoms with Crippen LogP contribution in [0.4, 0.5) is 0 Å². The van der Waals surface area contributed by atoms with Crippen molar-refractivity contribution in [1.82, 2.24) is 15.0 Å². The van der Waals surface area contributed by atoms with E-state index in [1.165, 1.54) is 16.4 Å². The van der Waals surface area contributed by atoms with Gasteiger partial charge in [-0.1, -0.05) is 24.3 Å². The van der Waals surface area contributed by atoms with E-state index in [9.17, 15) is 4.79 Å². The van der Waals surface area contributed by atoms with E-state index in [4.69, 9.17) is 9.84 Å². The van der Waals surface area contributed by atoms with E-state index in [1.54, 1.807) is 0 Å². The molecule has 0 aliphatic heterocycles. The van der Waals surface area contributed by atoms with E-state index in [0.717, 1.165) is 12.2 Å². The van der Waals surface area contributed by atoms with Gasteiger partial charge >= 0.3 is 5.97 Å². The number of aromatic carboxylic acids is 1. The fourth-order valence-corrected chi connectivity index (χ4v) is 1.62. The smallest absolute Gasteiger partial charge is 0.358 e. The molecule has 0 saturated heterocycles. The van der Waals surface area contributed by atoms with Crippen LogP contribution in [0.5, 0.6) is 5.75 Å². The Kier molecular flexibility index (Phi) is 4.12. The predicted molar refractivity (Wildman–Crippen MR) is 68.3 cm³/mol. The van der Waals surface area contributed by atoms with Crippen LogP contribution < -0.4 is 4.74 Å². The van der Waals surface area contributed by atoms with Crippen molar-refractivity contribution in [1.29, 1.82) is 0 Å². The zero-order chi connectivity index (χ0) is 13.7. The molecule has 1 N–H and O–H groups in total. The number of aromatic nitrogens is 3. The Hall–Kier alpha value is -2.37. The fourth-order valence-electron chi connectivity index (χ4n) is 1.62. The molecule has 2 rings (SSSR count). The highest BCUT2D eigenvalue weighted by Gasteiger charge is 2.07. The lowest BCUT2D eigenvalue weighted by atomic mass is 10.2. The van der Waals surface area contributed by atoms with Crippen LogP contribution in [-0.2, 0) is 13.0 Å². The van der Waals surface area contributed by atoms with Crippen LogP contribution in [-0.4, -0.2) is 32.7 Å². The van der Waals surface area contributed by atoms with Crippen molar-refractivity contribution < 1.29 is 14.6 Å². The lowest BCUT2D eigenvalue weighted by Gasteiger charge is -2.07. The van der Waals surface area contributed by atoms with Gasteiger partial charge in [0.25, 0.3) is 0 Å². The van der Waals surface area contributed by atoms with Crippen LogP contribution in [0.1, 0.15) is 23.0 Å². The number of ether oxygens (including phenoxy) is 1. The number of nitrogens with zero attached hydrogens (tertiary/aromatic N) is 3. The molecule has 6 heteroatoms. The largest absolute Gasteiger partial charge is 0.492 e. The van der Waals surface area contributed by atoms with Gasteiger partial charge < -0.3 is 9.84 Å². The second-order valence-electron chi connectivity index (χ2n) is 4.02. The average Bonchev–Trinajstić information content (AvgIpc) is 2.88. The first-order chi connectivity index (χ1) is 9.19. The second kappa shape index (κ2) is 5.99. The maximum absolute atomic E-state index is 10.6. The number of carbonyl (C=O) groups is 1. The van der Waals surface area contributed by atoms with Crippen molar-refractivity contribution in [2.24, 2.45) is 0 Å². The Bertz CT molecular complexity index is 566. The summed E-state index contributed by atoms with van der Waals surface area (Å²) in [6.07, 6.45) is 2.34. The van der Waals surface area contributed by atoms with Gasteiger partial charge in [0, 0.05) is 0 Å². The quantitative estimate of drug-likeness (QED) is 0.855. The molecule has 0 bridgehead atoms. The number of benzene rings is 1. The molecule has 100 valence electrons.